The van der Waals surface area contributed by atoms with Crippen molar-refractivity contribution in [1.29, 1.82) is 0 Å². The van der Waals surface area contributed by atoms with Crippen LogP contribution in [0.1, 0.15) is 19.3 Å². The zero-order valence-electron chi connectivity index (χ0n) is 8.15. The van der Waals surface area contributed by atoms with Crippen molar-refractivity contribution in [3.63, 3.8) is 0 Å². The van der Waals surface area contributed by atoms with Gasteiger partial charge in [-0.05, 0) is 12.8 Å². The molecular weight excluding hydrogens is 182 g/mol. The largest absolute Gasteiger partial charge is 0.480 e. The van der Waals surface area contributed by atoms with Gasteiger partial charge >= 0.3 is 5.97 Å². The van der Waals surface area contributed by atoms with Crippen molar-refractivity contribution in [2.75, 3.05) is 6.54 Å². The maximum atomic E-state index is 10.3. The predicted molar refractivity (Wildman–Crippen MR) is 56.1 cm³/mol. The molecule has 0 amide bonds. The van der Waals surface area contributed by atoms with Crippen molar-refractivity contribution in [3.8, 4) is 0 Å². The molecule has 0 fully saturated rings. The maximum Gasteiger partial charge on any atom is 0.320 e. The minimum absolute atomic E-state index is 0.417. The zero-order chi connectivity index (χ0) is 11.0. The highest BCUT2D eigenvalue weighted by Gasteiger charge is 2.09. The second-order valence-corrected chi connectivity index (χ2v) is 2.95. The first-order valence-corrected chi connectivity index (χ1v) is 4.46. The Kier molecular flexibility index (Phi) is 6.39. The summed E-state index contributed by atoms with van der Waals surface area (Å²) >= 11 is 0. The number of aliphatic imine (C=N–C) groups is 1. The molecule has 0 radical (unpaired) electrons. The van der Waals surface area contributed by atoms with E-state index in [-0.39, 0.29) is 0 Å². The number of hydrogen-bond donors (Lipinski definition) is 3. The standard InChI is InChI=1S/C9H17N3O2/c1-2-4-8(11)12-6-3-5-7(10)9(13)14/h2,7H,1,3-6,10H2,(H2,11,12)(H,13,14)/t7-/m0/s1. The first-order chi connectivity index (χ1) is 6.57. The van der Waals surface area contributed by atoms with Crippen LogP contribution in [0, 0.1) is 0 Å². The molecular formula is C9H17N3O2. The molecule has 5 nitrogen and oxygen atoms in total. The molecule has 0 aliphatic heterocycles. The van der Waals surface area contributed by atoms with Crippen LogP contribution in [-0.4, -0.2) is 29.5 Å². The second-order valence-electron chi connectivity index (χ2n) is 2.95. The molecule has 5 heteroatoms. The third-order valence-electron chi connectivity index (χ3n) is 1.66. The molecule has 0 unspecified atom stereocenters. The van der Waals surface area contributed by atoms with E-state index in [1.54, 1.807) is 6.08 Å². The molecule has 0 aliphatic rings. The lowest BCUT2D eigenvalue weighted by Gasteiger charge is -2.03. The fraction of sp³-hybridized carbons (Fsp3) is 0.556. The van der Waals surface area contributed by atoms with Gasteiger partial charge in [0.25, 0.3) is 0 Å². The van der Waals surface area contributed by atoms with E-state index in [2.05, 4.69) is 11.6 Å². The average molecular weight is 199 g/mol. The van der Waals surface area contributed by atoms with Gasteiger partial charge in [0.1, 0.15) is 6.04 Å². The molecule has 0 spiro atoms. The molecule has 0 saturated heterocycles. The Morgan fingerprint density at radius 3 is 2.79 bits per heavy atom. The molecule has 1 atom stereocenters. The number of carboxylic acids is 1. The number of hydrogen-bond acceptors (Lipinski definition) is 3. The fourth-order valence-electron chi connectivity index (χ4n) is 0.870. The van der Waals surface area contributed by atoms with Gasteiger partial charge < -0.3 is 16.6 Å². The highest BCUT2D eigenvalue weighted by molar-refractivity contribution is 5.81. The number of rotatable bonds is 7. The van der Waals surface area contributed by atoms with Crippen molar-refractivity contribution in [3.05, 3.63) is 12.7 Å². The van der Waals surface area contributed by atoms with Gasteiger partial charge in [-0.25, -0.2) is 0 Å². The summed E-state index contributed by atoms with van der Waals surface area (Å²) in [7, 11) is 0. The number of carbonyl (C=O) groups is 1. The smallest absolute Gasteiger partial charge is 0.320 e. The van der Waals surface area contributed by atoms with E-state index in [9.17, 15) is 4.79 Å². The lowest BCUT2D eigenvalue weighted by molar-refractivity contribution is -0.138. The molecule has 0 bridgehead atoms. The summed E-state index contributed by atoms with van der Waals surface area (Å²) in [6, 6.07) is -0.800. The van der Waals surface area contributed by atoms with E-state index in [1.807, 2.05) is 0 Å². The molecule has 0 aromatic rings. The van der Waals surface area contributed by atoms with Crippen LogP contribution in [-0.2, 0) is 4.79 Å². The van der Waals surface area contributed by atoms with E-state index in [0.717, 1.165) is 0 Å². The average Bonchev–Trinajstić information content (AvgIpc) is 2.12. The first-order valence-electron chi connectivity index (χ1n) is 4.46. The summed E-state index contributed by atoms with van der Waals surface area (Å²) in [5, 5.41) is 8.48. The van der Waals surface area contributed by atoms with Gasteiger partial charge in [0, 0.05) is 13.0 Å². The van der Waals surface area contributed by atoms with Gasteiger partial charge in [-0.1, -0.05) is 6.08 Å². The Morgan fingerprint density at radius 2 is 2.29 bits per heavy atom. The lowest BCUT2D eigenvalue weighted by atomic mass is 10.2. The van der Waals surface area contributed by atoms with Crippen LogP contribution in [0.5, 0.6) is 0 Å². The van der Waals surface area contributed by atoms with E-state index < -0.39 is 12.0 Å². The highest BCUT2D eigenvalue weighted by atomic mass is 16.4. The van der Waals surface area contributed by atoms with E-state index in [1.165, 1.54) is 0 Å². The summed E-state index contributed by atoms with van der Waals surface area (Å²) in [6.07, 6.45) is 3.28. The molecule has 14 heavy (non-hydrogen) atoms. The van der Waals surface area contributed by atoms with E-state index in [4.69, 9.17) is 16.6 Å². The Morgan fingerprint density at radius 1 is 1.64 bits per heavy atom. The maximum absolute atomic E-state index is 10.3. The first kappa shape index (κ1) is 12.6. The van der Waals surface area contributed by atoms with E-state index >= 15 is 0 Å². The van der Waals surface area contributed by atoms with Crippen LogP contribution >= 0.6 is 0 Å². The van der Waals surface area contributed by atoms with Crippen LogP contribution < -0.4 is 11.5 Å². The van der Waals surface area contributed by atoms with Gasteiger partial charge in [-0.15, -0.1) is 6.58 Å². The van der Waals surface area contributed by atoms with Gasteiger partial charge in [0.15, 0.2) is 0 Å². The number of carboxylic acid groups (broad SMARTS) is 1. The lowest BCUT2D eigenvalue weighted by Crippen LogP contribution is -2.30. The number of nitrogens with two attached hydrogens (primary N) is 2. The van der Waals surface area contributed by atoms with Crippen molar-refractivity contribution in [1.82, 2.24) is 0 Å². The summed E-state index contributed by atoms with van der Waals surface area (Å²) in [4.78, 5) is 14.4. The molecule has 0 saturated carbocycles. The molecule has 80 valence electrons. The van der Waals surface area contributed by atoms with Crippen LogP contribution in [0.4, 0.5) is 0 Å². The van der Waals surface area contributed by atoms with Crippen LogP contribution in [0.25, 0.3) is 0 Å². The van der Waals surface area contributed by atoms with Crippen LogP contribution in [0.3, 0.4) is 0 Å². The van der Waals surface area contributed by atoms with Crippen molar-refractivity contribution < 1.29 is 9.90 Å². The molecule has 5 N–H and O–H groups in total. The van der Waals surface area contributed by atoms with Crippen LogP contribution in [0.15, 0.2) is 17.6 Å². The van der Waals surface area contributed by atoms with Gasteiger partial charge in [0.2, 0.25) is 0 Å². The summed E-state index contributed by atoms with van der Waals surface area (Å²) in [5.74, 6) is -0.461. The molecule has 0 aliphatic carbocycles. The summed E-state index contributed by atoms with van der Waals surface area (Å²) < 4.78 is 0. The monoisotopic (exact) mass is 199 g/mol. The van der Waals surface area contributed by atoms with Crippen LogP contribution in [0.2, 0.25) is 0 Å². The summed E-state index contributed by atoms with van der Waals surface area (Å²) in [5.41, 5.74) is 10.8. The van der Waals surface area contributed by atoms with Crippen molar-refractivity contribution >= 4 is 11.8 Å². The van der Waals surface area contributed by atoms with Crippen molar-refractivity contribution in [2.45, 2.75) is 25.3 Å². The zero-order valence-corrected chi connectivity index (χ0v) is 8.15. The second kappa shape index (κ2) is 7.08. The highest BCUT2D eigenvalue weighted by Crippen LogP contribution is 1.95. The fourth-order valence-corrected chi connectivity index (χ4v) is 0.870. The Hall–Kier alpha value is -1.36. The normalized spacial score (nSPS) is 13.6. The molecule has 0 heterocycles. The molecule has 0 aromatic carbocycles. The topological polar surface area (TPSA) is 102 Å². The molecule has 0 rings (SSSR count). The quantitative estimate of drug-likeness (QED) is 0.234. The third-order valence-corrected chi connectivity index (χ3v) is 1.66. The Balaban J connectivity index is 3.59. The minimum Gasteiger partial charge on any atom is -0.480 e. The Labute approximate surface area is 83.5 Å². The predicted octanol–water partition coefficient (Wildman–Crippen LogP) is 0.112. The van der Waals surface area contributed by atoms with Gasteiger partial charge in [0.05, 0.1) is 5.84 Å². The Bertz CT molecular complexity index is 226. The summed E-state index contributed by atoms with van der Waals surface area (Å²) in [6.45, 7) is 4.04. The SMILES string of the molecule is C=CCC(N)=NCCC[C@H](N)C(=O)O. The minimum atomic E-state index is -0.979. The van der Waals surface area contributed by atoms with Gasteiger partial charge in [-0.2, -0.15) is 0 Å². The number of aliphatic carboxylic acids is 1. The third kappa shape index (κ3) is 6.19. The number of amidine groups is 1. The number of nitrogens with zero attached hydrogens (tertiary/aromatic N) is 1. The van der Waals surface area contributed by atoms with E-state index in [0.29, 0.717) is 31.6 Å². The molecule has 0 aromatic heterocycles. The van der Waals surface area contributed by atoms with Crippen molar-refractivity contribution in [2.24, 2.45) is 16.5 Å². The van der Waals surface area contributed by atoms with Gasteiger partial charge in [-0.3, -0.25) is 9.79 Å².